The van der Waals surface area contributed by atoms with Gasteiger partial charge in [-0.3, -0.25) is 4.99 Å². The van der Waals surface area contributed by atoms with Gasteiger partial charge in [-0.2, -0.15) is 0 Å². The Kier molecular flexibility index (Phi) is 1.04. The lowest BCUT2D eigenvalue weighted by Crippen LogP contribution is -2.25. The van der Waals surface area contributed by atoms with Crippen molar-refractivity contribution in [2.75, 3.05) is 6.67 Å². The first-order chi connectivity index (χ1) is 3.39. The second-order valence-electron chi connectivity index (χ2n) is 1.04. The minimum absolute atomic E-state index is 0.367. The Morgan fingerprint density at radius 2 is 2.86 bits per heavy atom. The van der Waals surface area contributed by atoms with Gasteiger partial charge < -0.3 is 4.84 Å². The summed E-state index contributed by atoms with van der Waals surface area (Å²) < 4.78 is 0. The molecule has 0 fully saturated rings. The average Bonchev–Trinajstić information content (AvgIpc) is 1.69. The molecule has 0 aromatic heterocycles. The molecule has 0 radical (unpaired) electrons. The van der Waals surface area contributed by atoms with E-state index < -0.39 is 5.97 Å². The summed E-state index contributed by atoms with van der Waals surface area (Å²) in [5.74, 6) is -0.439. The fourth-order valence-corrected chi connectivity index (χ4v) is 0.287. The molecule has 0 bridgehead atoms. The van der Waals surface area contributed by atoms with Crippen molar-refractivity contribution in [2.24, 2.45) is 4.99 Å². The summed E-state index contributed by atoms with van der Waals surface area (Å²) in [5, 5.41) is 0. The highest BCUT2D eigenvalue weighted by Crippen LogP contribution is 1.75. The Bertz CT molecular complexity index is 110. The molecule has 1 aliphatic rings. The van der Waals surface area contributed by atoms with Gasteiger partial charge in [0.25, 0.3) is 0 Å². The van der Waals surface area contributed by atoms with Crippen LogP contribution in [0.25, 0.3) is 0 Å². The van der Waals surface area contributed by atoms with Crippen molar-refractivity contribution in [2.45, 2.75) is 0 Å². The normalized spacial score (nSPS) is 19.1. The maximum absolute atomic E-state index is 10.0. The lowest BCUT2D eigenvalue weighted by molar-refractivity contribution is -0.143. The molecular weight excluding hydrogens is 96.0 g/mol. The Morgan fingerprint density at radius 3 is 3.14 bits per heavy atom. The summed E-state index contributed by atoms with van der Waals surface area (Å²) in [6.45, 7) is 0.367. The van der Waals surface area contributed by atoms with E-state index in [4.69, 9.17) is 0 Å². The van der Waals surface area contributed by atoms with Gasteiger partial charge in [0.2, 0.25) is 0 Å². The molecule has 1 heterocycles. The average molecular weight is 100 g/mol. The second kappa shape index (κ2) is 1.70. The van der Waals surface area contributed by atoms with E-state index in [2.05, 4.69) is 15.3 Å². The summed E-state index contributed by atoms with van der Waals surface area (Å²) in [4.78, 5) is 17.8. The van der Waals surface area contributed by atoms with Crippen molar-refractivity contribution in [3.63, 3.8) is 0 Å². The van der Waals surface area contributed by atoms with E-state index in [0.29, 0.717) is 6.67 Å². The number of carbonyl (C=O) groups excluding carboxylic acids is 1. The predicted octanol–water partition coefficient (Wildman–Crippen LogP) is -0.924. The number of aliphatic imine (C=N–C) groups is 1. The Balaban J connectivity index is 2.51. The van der Waals surface area contributed by atoms with Crippen LogP contribution < -0.4 is 5.48 Å². The van der Waals surface area contributed by atoms with Crippen molar-refractivity contribution in [3.8, 4) is 0 Å². The first-order valence-corrected chi connectivity index (χ1v) is 1.83. The molecule has 0 aromatic carbocycles. The van der Waals surface area contributed by atoms with E-state index in [1.54, 1.807) is 0 Å². The molecule has 0 aliphatic carbocycles. The Hall–Kier alpha value is -0.900. The third-order valence-electron chi connectivity index (χ3n) is 0.525. The molecule has 1 N–H and O–H groups in total. The maximum atomic E-state index is 10.0. The van der Waals surface area contributed by atoms with E-state index in [-0.39, 0.29) is 0 Å². The lowest BCUT2D eigenvalue weighted by Gasteiger charge is -2.02. The molecule has 7 heavy (non-hydrogen) atoms. The minimum Gasteiger partial charge on any atom is -0.364 e. The van der Waals surface area contributed by atoms with Crippen molar-refractivity contribution in [1.82, 2.24) is 5.48 Å². The van der Waals surface area contributed by atoms with Crippen LogP contribution in [0.3, 0.4) is 0 Å². The molecule has 1 rings (SSSR count). The summed E-state index contributed by atoms with van der Waals surface area (Å²) in [6, 6.07) is 0. The smallest absolute Gasteiger partial charge is 0.364 e. The molecule has 38 valence electrons. The van der Waals surface area contributed by atoms with E-state index in [9.17, 15) is 4.79 Å². The molecule has 0 aromatic rings. The zero-order valence-electron chi connectivity index (χ0n) is 3.55. The zero-order chi connectivity index (χ0) is 5.11. The van der Waals surface area contributed by atoms with Crippen molar-refractivity contribution < 1.29 is 9.63 Å². The summed E-state index contributed by atoms with van der Waals surface area (Å²) in [7, 11) is 0. The SMILES string of the molecule is O=C1C=NCNO1. The molecule has 0 spiro atoms. The van der Waals surface area contributed by atoms with E-state index in [0.717, 1.165) is 6.21 Å². The maximum Gasteiger partial charge on any atom is 0.367 e. The molecule has 0 saturated heterocycles. The third-order valence-corrected chi connectivity index (χ3v) is 0.525. The fourth-order valence-electron chi connectivity index (χ4n) is 0.287. The van der Waals surface area contributed by atoms with Gasteiger partial charge in [0, 0.05) is 0 Å². The zero-order valence-corrected chi connectivity index (χ0v) is 3.55. The van der Waals surface area contributed by atoms with Gasteiger partial charge in [0.15, 0.2) is 0 Å². The number of hydrogen-bond acceptors (Lipinski definition) is 4. The van der Waals surface area contributed by atoms with E-state index in [1.807, 2.05) is 0 Å². The van der Waals surface area contributed by atoms with Crippen LogP contribution in [0.1, 0.15) is 0 Å². The number of hydroxylamine groups is 1. The first kappa shape index (κ1) is 4.26. The first-order valence-electron chi connectivity index (χ1n) is 1.83. The van der Waals surface area contributed by atoms with Crippen LogP contribution in [0.15, 0.2) is 4.99 Å². The lowest BCUT2D eigenvalue weighted by atomic mass is 10.7. The van der Waals surface area contributed by atoms with Crippen LogP contribution in [0.4, 0.5) is 0 Å². The third kappa shape index (κ3) is 0.972. The van der Waals surface area contributed by atoms with E-state index >= 15 is 0 Å². The topological polar surface area (TPSA) is 50.7 Å². The molecule has 0 atom stereocenters. The molecule has 4 nitrogen and oxygen atoms in total. The summed E-state index contributed by atoms with van der Waals surface area (Å²) >= 11 is 0. The monoisotopic (exact) mass is 100 g/mol. The number of nitrogens with zero attached hydrogens (tertiary/aromatic N) is 1. The van der Waals surface area contributed by atoms with Gasteiger partial charge in [-0.25, -0.2) is 4.79 Å². The fraction of sp³-hybridized carbons (Fsp3) is 0.333. The molecule has 1 aliphatic heterocycles. The highest BCUT2D eigenvalue weighted by molar-refractivity contribution is 6.23. The van der Waals surface area contributed by atoms with Crippen LogP contribution >= 0.6 is 0 Å². The van der Waals surface area contributed by atoms with Gasteiger partial charge in [-0.05, 0) is 0 Å². The highest BCUT2D eigenvalue weighted by atomic mass is 16.7. The molecular formula is C3H4N2O2. The van der Waals surface area contributed by atoms with Crippen LogP contribution in [0, 0.1) is 0 Å². The highest BCUT2D eigenvalue weighted by Gasteiger charge is 1.99. The van der Waals surface area contributed by atoms with Crippen LogP contribution in [-0.2, 0) is 9.63 Å². The Labute approximate surface area is 40.1 Å². The van der Waals surface area contributed by atoms with Crippen molar-refractivity contribution in [1.29, 1.82) is 0 Å². The van der Waals surface area contributed by atoms with Gasteiger partial charge in [0.1, 0.15) is 12.9 Å². The number of hydrogen-bond donors (Lipinski definition) is 1. The predicted molar refractivity (Wildman–Crippen MR) is 22.6 cm³/mol. The van der Waals surface area contributed by atoms with Gasteiger partial charge >= 0.3 is 5.97 Å². The van der Waals surface area contributed by atoms with Gasteiger partial charge in [0.05, 0.1) is 0 Å². The molecule has 0 saturated carbocycles. The van der Waals surface area contributed by atoms with Crippen LogP contribution in [-0.4, -0.2) is 18.9 Å². The number of rotatable bonds is 0. The number of carbonyl (C=O) groups is 1. The standard InChI is InChI=1S/C3H4N2O2/c6-3-1-4-2-5-7-3/h1,5H,2H2. The minimum atomic E-state index is -0.439. The second-order valence-corrected chi connectivity index (χ2v) is 1.04. The van der Waals surface area contributed by atoms with E-state index in [1.165, 1.54) is 0 Å². The van der Waals surface area contributed by atoms with Crippen LogP contribution in [0.5, 0.6) is 0 Å². The number of nitrogens with one attached hydrogen (secondary N) is 1. The molecule has 0 unspecified atom stereocenters. The van der Waals surface area contributed by atoms with Gasteiger partial charge in [-0.15, -0.1) is 5.48 Å². The molecule has 0 amide bonds. The molecule has 4 heteroatoms. The van der Waals surface area contributed by atoms with Gasteiger partial charge in [-0.1, -0.05) is 0 Å². The summed E-state index contributed by atoms with van der Waals surface area (Å²) in [5.41, 5.74) is 2.29. The summed E-state index contributed by atoms with van der Waals surface area (Å²) in [6.07, 6.45) is 1.14. The van der Waals surface area contributed by atoms with Crippen LogP contribution in [0.2, 0.25) is 0 Å². The van der Waals surface area contributed by atoms with Crippen molar-refractivity contribution >= 4 is 12.2 Å². The van der Waals surface area contributed by atoms with Crippen molar-refractivity contribution in [3.05, 3.63) is 0 Å². The quantitative estimate of drug-likeness (QED) is 0.428. The Morgan fingerprint density at radius 1 is 2.00 bits per heavy atom. The largest absolute Gasteiger partial charge is 0.367 e.